The Morgan fingerprint density at radius 3 is 2.50 bits per heavy atom. The van der Waals surface area contributed by atoms with E-state index in [-0.39, 0.29) is 9.88 Å². The average Bonchev–Trinajstić information content (AvgIpc) is 2.38. The molecule has 0 saturated heterocycles. The highest BCUT2D eigenvalue weighted by molar-refractivity contribution is 7.92. The van der Waals surface area contributed by atoms with Gasteiger partial charge in [0.1, 0.15) is 4.99 Å². The summed E-state index contributed by atoms with van der Waals surface area (Å²) in [6, 6.07) is 13.4. The maximum absolute atomic E-state index is 12.3. The lowest BCUT2D eigenvalue weighted by molar-refractivity contribution is 0.601. The number of thiocarbonyl (C=S) groups is 1. The molecule has 6 heteroatoms. The first kappa shape index (κ1) is 14.5. The standard InChI is InChI=1S/C14H14N2O2S2/c1-10-4-2-6-12(8-10)16-20(17,18)13-7-3-5-11(9-13)14(15)19/h2-9,16H,1H3,(H2,15,19). The van der Waals surface area contributed by atoms with Crippen molar-refractivity contribution in [2.24, 2.45) is 5.73 Å². The molecule has 3 N–H and O–H groups in total. The van der Waals surface area contributed by atoms with Crippen LogP contribution in [0.4, 0.5) is 5.69 Å². The van der Waals surface area contributed by atoms with Crippen LogP contribution in [0.25, 0.3) is 0 Å². The lowest BCUT2D eigenvalue weighted by Crippen LogP contribution is -2.15. The summed E-state index contributed by atoms with van der Waals surface area (Å²) in [5.74, 6) is 0. The number of hydrogen-bond donors (Lipinski definition) is 2. The number of benzene rings is 2. The molecule has 0 aliphatic heterocycles. The number of anilines is 1. The minimum atomic E-state index is -3.65. The molecule has 4 nitrogen and oxygen atoms in total. The van der Waals surface area contributed by atoms with Gasteiger partial charge in [-0.1, -0.05) is 36.5 Å². The van der Waals surface area contributed by atoms with E-state index in [9.17, 15) is 8.42 Å². The molecular formula is C14H14N2O2S2. The number of hydrogen-bond acceptors (Lipinski definition) is 3. The summed E-state index contributed by atoms with van der Waals surface area (Å²) in [6.07, 6.45) is 0. The SMILES string of the molecule is Cc1cccc(NS(=O)(=O)c2cccc(C(N)=S)c2)c1. The number of rotatable bonds is 4. The van der Waals surface area contributed by atoms with Crippen LogP contribution >= 0.6 is 12.2 Å². The summed E-state index contributed by atoms with van der Waals surface area (Å²) >= 11 is 4.85. The van der Waals surface area contributed by atoms with Crippen LogP contribution in [-0.2, 0) is 10.0 Å². The Morgan fingerprint density at radius 2 is 1.85 bits per heavy atom. The van der Waals surface area contributed by atoms with Gasteiger partial charge in [-0.25, -0.2) is 8.42 Å². The Balaban J connectivity index is 2.35. The molecule has 0 fully saturated rings. The first-order valence-corrected chi connectivity index (χ1v) is 7.77. The fourth-order valence-corrected chi connectivity index (χ4v) is 2.96. The minimum absolute atomic E-state index is 0.129. The quantitative estimate of drug-likeness (QED) is 0.851. The van der Waals surface area contributed by atoms with Gasteiger partial charge in [0, 0.05) is 11.3 Å². The molecule has 0 unspecified atom stereocenters. The Bertz CT molecular complexity index is 755. The van der Waals surface area contributed by atoms with Crippen molar-refractivity contribution in [2.45, 2.75) is 11.8 Å². The van der Waals surface area contributed by atoms with Gasteiger partial charge < -0.3 is 5.73 Å². The van der Waals surface area contributed by atoms with E-state index in [4.69, 9.17) is 18.0 Å². The second kappa shape index (κ2) is 5.60. The molecule has 20 heavy (non-hydrogen) atoms. The van der Waals surface area contributed by atoms with Gasteiger partial charge in [0.2, 0.25) is 0 Å². The van der Waals surface area contributed by atoms with E-state index in [1.54, 1.807) is 30.3 Å². The van der Waals surface area contributed by atoms with Gasteiger partial charge in [0.25, 0.3) is 10.0 Å². The summed E-state index contributed by atoms with van der Waals surface area (Å²) in [6.45, 7) is 1.89. The van der Waals surface area contributed by atoms with Crippen molar-refractivity contribution >= 4 is 32.9 Å². The predicted octanol–water partition coefficient (Wildman–Crippen LogP) is 2.43. The van der Waals surface area contributed by atoms with E-state index in [1.807, 2.05) is 13.0 Å². The van der Waals surface area contributed by atoms with Gasteiger partial charge in [-0.3, -0.25) is 4.72 Å². The molecule has 2 aromatic carbocycles. The van der Waals surface area contributed by atoms with Gasteiger partial charge in [0.15, 0.2) is 0 Å². The molecule has 0 atom stereocenters. The van der Waals surface area contributed by atoms with Crippen LogP contribution in [0, 0.1) is 6.92 Å². The highest BCUT2D eigenvalue weighted by Gasteiger charge is 2.15. The summed E-state index contributed by atoms with van der Waals surface area (Å²) in [5.41, 5.74) is 7.53. The molecule has 0 radical (unpaired) electrons. The normalized spacial score (nSPS) is 11.1. The molecular weight excluding hydrogens is 292 g/mol. The maximum Gasteiger partial charge on any atom is 0.261 e. The number of nitrogens with one attached hydrogen (secondary N) is 1. The van der Waals surface area contributed by atoms with Crippen molar-refractivity contribution in [1.82, 2.24) is 0 Å². The topological polar surface area (TPSA) is 72.2 Å². The molecule has 0 amide bonds. The van der Waals surface area contributed by atoms with E-state index >= 15 is 0 Å². The van der Waals surface area contributed by atoms with Crippen LogP contribution in [0.5, 0.6) is 0 Å². The summed E-state index contributed by atoms with van der Waals surface area (Å²) in [4.78, 5) is 0.293. The highest BCUT2D eigenvalue weighted by Crippen LogP contribution is 2.18. The first-order valence-electron chi connectivity index (χ1n) is 5.88. The molecule has 2 aromatic rings. The van der Waals surface area contributed by atoms with Crippen molar-refractivity contribution in [2.75, 3.05) is 4.72 Å². The molecule has 0 saturated carbocycles. The van der Waals surface area contributed by atoms with Crippen LogP contribution in [-0.4, -0.2) is 13.4 Å². The molecule has 2 rings (SSSR count). The van der Waals surface area contributed by atoms with Gasteiger partial charge in [-0.2, -0.15) is 0 Å². The Morgan fingerprint density at radius 1 is 1.15 bits per heavy atom. The van der Waals surface area contributed by atoms with E-state index < -0.39 is 10.0 Å². The van der Waals surface area contributed by atoms with Crippen molar-refractivity contribution in [1.29, 1.82) is 0 Å². The van der Waals surface area contributed by atoms with Gasteiger partial charge in [-0.05, 0) is 36.8 Å². The van der Waals surface area contributed by atoms with Crippen LogP contribution in [0.15, 0.2) is 53.4 Å². The van der Waals surface area contributed by atoms with E-state index in [0.717, 1.165) is 5.56 Å². The van der Waals surface area contributed by atoms with Crippen LogP contribution in [0.2, 0.25) is 0 Å². The Kier molecular flexibility index (Phi) is 4.06. The first-order chi connectivity index (χ1) is 9.38. The third-order valence-corrected chi connectivity index (χ3v) is 4.31. The molecule has 0 spiro atoms. The number of nitrogens with two attached hydrogens (primary N) is 1. The molecule has 0 aliphatic carbocycles. The second-order valence-corrected chi connectivity index (χ2v) is 6.49. The average molecular weight is 306 g/mol. The summed E-state index contributed by atoms with van der Waals surface area (Å²) in [5, 5.41) is 0. The van der Waals surface area contributed by atoms with Crippen molar-refractivity contribution in [3.63, 3.8) is 0 Å². The van der Waals surface area contributed by atoms with Crippen LogP contribution in [0.1, 0.15) is 11.1 Å². The lowest BCUT2D eigenvalue weighted by Gasteiger charge is -2.09. The van der Waals surface area contributed by atoms with Crippen LogP contribution in [0.3, 0.4) is 0 Å². The monoisotopic (exact) mass is 306 g/mol. The Hall–Kier alpha value is -1.92. The molecule has 0 aliphatic rings. The zero-order valence-corrected chi connectivity index (χ0v) is 12.5. The smallest absolute Gasteiger partial charge is 0.261 e. The third kappa shape index (κ3) is 3.34. The molecule has 0 heterocycles. The van der Waals surface area contributed by atoms with Crippen molar-refractivity contribution in [3.05, 3.63) is 59.7 Å². The molecule has 0 bridgehead atoms. The summed E-state index contributed by atoms with van der Waals surface area (Å²) < 4.78 is 27.1. The Labute approximate surface area is 123 Å². The summed E-state index contributed by atoms with van der Waals surface area (Å²) in [7, 11) is -3.65. The molecule has 0 aromatic heterocycles. The third-order valence-electron chi connectivity index (χ3n) is 2.70. The number of aryl methyl sites for hydroxylation is 1. The zero-order valence-electron chi connectivity index (χ0n) is 10.8. The predicted molar refractivity (Wildman–Crippen MR) is 84.3 cm³/mol. The largest absolute Gasteiger partial charge is 0.389 e. The van der Waals surface area contributed by atoms with E-state index in [2.05, 4.69) is 4.72 Å². The maximum atomic E-state index is 12.3. The zero-order chi connectivity index (χ0) is 14.8. The van der Waals surface area contributed by atoms with E-state index in [1.165, 1.54) is 12.1 Å². The fraction of sp³-hybridized carbons (Fsp3) is 0.0714. The van der Waals surface area contributed by atoms with Crippen molar-refractivity contribution < 1.29 is 8.42 Å². The lowest BCUT2D eigenvalue weighted by atomic mass is 10.2. The van der Waals surface area contributed by atoms with E-state index in [0.29, 0.717) is 11.3 Å². The fourth-order valence-electron chi connectivity index (χ4n) is 1.74. The molecule has 104 valence electrons. The minimum Gasteiger partial charge on any atom is -0.389 e. The van der Waals surface area contributed by atoms with Gasteiger partial charge in [0.05, 0.1) is 4.90 Å². The van der Waals surface area contributed by atoms with Gasteiger partial charge >= 0.3 is 0 Å². The van der Waals surface area contributed by atoms with Gasteiger partial charge in [-0.15, -0.1) is 0 Å². The highest BCUT2D eigenvalue weighted by atomic mass is 32.2. The van der Waals surface area contributed by atoms with Crippen LogP contribution < -0.4 is 10.5 Å². The van der Waals surface area contributed by atoms with Crippen molar-refractivity contribution in [3.8, 4) is 0 Å². The number of sulfonamides is 1. The second-order valence-electron chi connectivity index (χ2n) is 4.37.